The highest BCUT2D eigenvalue weighted by molar-refractivity contribution is 7.13. The highest BCUT2D eigenvalue weighted by Gasteiger charge is 2.11. The molecule has 1 aromatic carbocycles. The van der Waals surface area contributed by atoms with Gasteiger partial charge in [-0.1, -0.05) is 12.1 Å². The molecule has 5 heteroatoms. The summed E-state index contributed by atoms with van der Waals surface area (Å²) < 4.78 is 12.7. The molecule has 0 amide bonds. The molecule has 3 nitrogen and oxygen atoms in total. The molecular formula is C11H8FNO2S. The third-order valence-electron chi connectivity index (χ3n) is 2.07. The summed E-state index contributed by atoms with van der Waals surface area (Å²) in [5.41, 5.74) is 2.90. The van der Waals surface area contributed by atoms with Crippen LogP contribution in [0.5, 0.6) is 0 Å². The molecule has 0 bridgehead atoms. The number of rotatable bonds is 3. The second-order valence-electron chi connectivity index (χ2n) is 3.21. The van der Waals surface area contributed by atoms with Gasteiger partial charge in [-0.2, -0.15) is 0 Å². The Morgan fingerprint density at radius 3 is 2.69 bits per heavy atom. The van der Waals surface area contributed by atoms with E-state index in [1.807, 2.05) is 0 Å². The third kappa shape index (κ3) is 2.25. The van der Waals surface area contributed by atoms with E-state index in [9.17, 15) is 9.18 Å². The molecule has 0 spiro atoms. The summed E-state index contributed by atoms with van der Waals surface area (Å²) in [6.45, 7) is 0. The first-order valence-corrected chi connectivity index (χ1v) is 5.45. The number of aliphatic carboxylic acids is 1. The number of halogens is 1. The Bertz CT molecular complexity index is 507. The van der Waals surface area contributed by atoms with Crippen molar-refractivity contribution in [2.45, 2.75) is 6.42 Å². The molecule has 0 unspecified atom stereocenters. The van der Waals surface area contributed by atoms with Crippen molar-refractivity contribution in [3.63, 3.8) is 0 Å². The summed E-state index contributed by atoms with van der Waals surface area (Å²) in [6.07, 6.45) is -0.115. The first kappa shape index (κ1) is 10.8. The van der Waals surface area contributed by atoms with Crippen LogP contribution in [0.3, 0.4) is 0 Å². The first-order valence-electron chi connectivity index (χ1n) is 4.57. The highest BCUT2D eigenvalue weighted by atomic mass is 32.1. The van der Waals surface area contributed by atoms with E-state index in [0.717, 1.165) is 10.4 Å². The fourth-order valence-corrected chi connectivity index (χ4v) is 2.19. The quantitative estimate of drug-likeness (QED) is 0.892. The standard InChI is InChI=1S/C11H8FNO2S/c12-8-3-1-7(2-4-8)11-9(5-10(14)15)13-6-16-11/h1-4,6H,5H2,(H,14,15). The monoisotopic (exact) mass is 237 g/mol. The van der Waals surface area contributed by atoms with Crippen molar-refractivity contribution < 1.29 is 14.3 Å². The van der Waals surface area contributed by atoms with E-state index in [4.69, 9.17) is 5.11 Å². The number of carboxylic acid groups (broad SMARTS) is 1. The molecule has 16 heavy (non-hydrogen) atoms. The lowest BCUT2D eigenvalue weighted by Crippen LogP contribution is -2.01. The Hall–Kier alpha value is -1.75. The molecule has 0 atom stereocenters. The van der Waals surface area contributed by atoms with Crippen molar-refractivity contribution >= 4 is 17.3 Å². The lowest BCUT2D eigenvalue weighted by Gasteiger charge is -2.00. The van der Waals surface area contributed by atoms with E-state index in [1.54, 1.807) is 17.6 Å². The van der Waals surface area contributed by atoms with Crippen LogP contribution in [-0.4, -0.2) is 16.1 Å². The number of nitrogens with zero attached hydrogens (tertiary/aromatic N) is 1. The van der Waals surface area contributed by atoms with Crippen LogP contribution in [0.1, 0.15) is 5.69 Å². The van der Waals surface area contributed by atoms with Gasteiger partial charge in [0.05, 0.1) is 22.5 Å². The van der Waals surface area contributed by atoms with E-state index in [2.05, 4.69) is 4.98 Å². The Morgan fingerprint density at radius 2 is 2.06 bits per heavy atom. The summed E-state index contributed by atoms with van der Waals surface area (Å²) in [5.74, 6) is -1.23. The Labute approximate surface area is 95.2 Å². The second-order valence-corrected chi connectivity index (χ2v) is 4.06. The fraction of sp³-hybridized carbons (Fsp3) is 0.0909. The van der Waals surface area contributed by atoms with E-state index in [1.165, 1.54) is 23.5 Å². The van der Waals surface area contributed by atoms with Crippen LogP contribution in [0.25, 0.3) is 10.4 Å². The molecule has 0 aliphatic carbocycles. The summed E-state index contributed by atoms with van der Waals surface area (Å²) in [6, 6.07) is 5.93. The van der Waals surface area contributed by atoms with Crippen LogP contribution in [0.15, 0.2) is 29.8 Å². The van der Waals surface area contributed by atoms with Crippen molar-refractivity contribution in [1.29, 1.82) is 0 Å². The maximum atomic E-state index is 12.7. The van der Waals surface area contributed by atoms with Gasteiger partial charge in [-0.15, -0.1) is 11.3 Å². The third-order valence-corrected chi connectivity index (χ3v) is 2.98. The molecule has 0 fully saturated rings. The van der Waals surface area contributed by atoms with Crippen LogP contribution in [0.4, 0.5) is 4.39 Å². The zero-order valence-electron chi connectivity index (χ0n) is 8.18. The van der Waals surface area contributed by atoms with Gasteiger partial charge in [0.2, 0.25) is 0 Å². The fourth-order valence-electron chi connectivity index (χ4n) is 1.37. The minimum Gasteiger partial charge on any atom is -0.481 e. The van der Waals surface area contributed by atoms with E-state index in [0.29, 0.717) is 5.69 Å². The molecule has 2 rings (SSSR count). The van der Waals surface area contributed by atoms with Crippen molar-refractivity contribution in [3.8, 4) is 10.4 Å². The van der Waals surface area contributed by atoms with Crippen LogP contribution in [-0.2, 0) is 11.2 Å². The molecule has 1 N–H and O–H groups in total. The number of thiazole rings is 1. The van der Waals surface area contributed by atoms with Gasteiger partial charge < -0.3 is 5.11 Å². The molecule has 0 saturated carbocycles. The zero-order valence-corrected chi connectivity index (χ0v) is 9.00. The molecule has 0 aliphatic rings. The maximum absolute atomic E-state index is 12.7. The molecule has 0 aliphatic heterocycles. The number of carboxylic acids is 1. The molecule has 82 valence electrons. The summed E-state index contributed by atoms with van der Waals surface area (Å²) in [5, 5.41) is 8.71. The Balaban J connectivity index is 2.36. The zero-order chi connectivity index (χ0) is 11.5. The van der Waals surface area contributed by atoms with Crippen molar-refractivity contribution in [2.24, 2.45) is 0 Å². The van der Waals surface area contributed by atoms with Gasteiger partial charge in [-0.05, 0) is 17.7 Å². The number of benzene rings is 1. The molecule has 1 heterocycles. The van der Waals surface area contributed by atoms with E-state index in [-0.39, 0.29) is 12.2 Å². The van der Waals surface area contributed by atoms with Crippen LogP contribution >= 0.6 is 11.3 Å². The average Bonchev–Trinajstić information content (AvgIpc) is 2.66. The topological polar surface area (TPSA) is 50.2 Å². The van der Waals surface area contributed by atoms with E-state index < -0.39 is 5.97 Å². The smallest absolute Gasteiger partial charge is 0.309 e. The average molecular weight is 237 g/mol. The van der Waals surface area contributed by atoms with Gasteiger partial charge >= 0.3 is 5.97 Å². The SMILES string of the molecule is O=C(O)Cc1ncsc1-c1ccc(F)cc1. The second kappa shape index (κ2) is 4.40. The summed E-state index contributed by atoms with van der Waals surface area (Å²) >= 11 is 1.35. The van der Waals surface area contributed by atoms with E-state index >= 15 is 0 Å². The first-order chi connectivity index (χ1) is 7.66. The molecule has 0 saturated heterocycles. The molecule has 2 aromatic rings. The van der Waals surface area contributed by atoms with Gasteiger partial charge in [0.15, 0.2) is 0 Å². The van der Waals surface area contributed by atoms with Crippen LogP contribution in [0, 0.1) is 5.82 Å². The predicted molar refractivity (Wildman–Crippen MR) is 58.8 cm³/mol. The normalized spacial score (nSPS) is 10.3. The largest absolute Gasteiger partial charge is 0.481 e. The summed E-state index contributed by atoms with van der Waals surface area (Å²) in [7, 11) is 0. The van der Waals surface area contributed by atoms with Gasteiger partial charge in [0, 0.05) is 0 Å². The van der Waals surface area contributed by atoms with Crippen molar-refractivity contribution in [2.75, 3.05) is 0 Å². The predicted octanol–water partition coefficient (Wildman–Crippen LogP) is 2.58. The van der Waals surface area contributed by atoms with Gasteiger partial charge in [0.25, 0.3) is 0 Å². The van der Waals surface area contributed by atoms with Crippen molar-refractivity contribution in [3.05, 3.63) is 41.3 Å². The van der Waals surface area contributed by atoms with Gasteiger partial charge in [-0.25, -0.2) is 9.37 Å². The number of hydrogen-bond acceptors (Lipinski definition) is 3. The molecule has 0 radical (unpaired) electrons. The minimum atomic E-state index is -0.922. The lowest BCUT2D eigenvalue weighted by atomic mass is 10.1. The summed E-state index contributed by atoms with van der Waals surface area (Å²) in [4.78, 5) is 15.4. The Morgan fingerprint density at radius 1 is 1.38 bits per heavy atom. The molecule has 1 aromatic heterocycles. The van der Waals surface area contributed by atoms with Crippen molar-refractivity contribution in [1.82, 2.24) is 4.98 Å². The maximum Gasteiger partial charge on any atom is 0.309 e. The number of hydrogen-bond donors (Lipinski definition) is 1. The molecular weight excluding hydrogens is 229 g/mol. The number of carbonyl (C=O) groups is 1. The van der Waals surface area contributed by atoms with Gasteiger partial charge in [-0.3, -0.25) is 4.79 Å². The Kier molecular flexibility index (Phi) is 2.96. The van der Waals surface area contributed by atoms with Crippen LogP contribution in [0.2, 0.25) is 0 Å². The van der Waals surface area contributed by atoms with Gasteiger partial charge in [0.1, 0.15) is 5.82 Å². The minimum absolute atomic E-state index is 0.115. The number of aromatic nitrogens is 1. The lowest BCUT2D eigenvalue weighted by molar-refractivity contribution is -0.136. The highest BCUT2D eigenvalue weighted by Crippen LogP contribution is 2.27. The van der Waals surface area contributed by atoms with Crippen LogP contribution < -0.4 is 0 Å².